The molecule has 3 aliphatic rings. The molecule has 0 saturated heterocycles. The van der Waals surface area contributed by atoms with Crippen LogP contribution in [0.4, 0.5) is 5.69 Å². The third kappa shape index (κ3) is 8.82. The molecular formula is C47H63N2+. The first kappa shape index (κ1) is 37.9. The first-order valence-corrected chi connectivity index (χ1v) is 19.0. The van der Waals surface area contributed by atoms with Gasteiger partial charge in [0.05, 0.1) is 5.41 Å². The predicted octanol–water partition coefficient (Wildman–Crippen LogP) is 11.1. The summed E-state index contributed by atoms with van der Waals surface area (Å²) in [5.74, 6) is 0. The van der Waals surface area contributed by atoms with Gasteiger partial charge in [0.15, 0.2) is 11.9 Å². The normalized spacial score (nSPS) is 22.1. The SMILES string of the molecule is C=CCCCCCN1\C(=C/C=C/C=C/C=C/C2=[N+](CCCCC)\C=C/C3=CCCC=C3C(=C)C2(C)C)C(C)(C)c2c1ccc(=C)/c2=C\CC. The van der Waals surface area contributed by atoms with Crippen LogP contribution in [0.3, 0.4) is 0 Å². The maximum atomic E-state index is 4.65. The van der Waals surface area contributed by atoms with Gasteiger partial charge < -0.3 is 4.90 Å². The van der Waals surface area contributed by atoms with Crippen molar-refractivity contribution in [3.8, 4) is 0 Å². The molecule has 0 amide bonds. The van der Waals surface area contributed by atoms with Crippen molar-refractivity contribution in [2.24, 2.45) is 5.41 Å². The molecule has 0 bridgehead atoms. The summed E-state index contributed by atoms with van der Waals surface area (Å²) in [7, 11) is 0. The maximum Gasteiger partial charge on any atom is 0.191 e. The van der Waals surface area contributed by atoms with Gasteiger partial charge in [-0.3, -0.25) is 0 Å². The Labute approximate surface area is 299 Å². The molecule has 2 aliphatic heterocycles. The van der Waals surface area contributed by atoms with Gasteiger partial charge in [-0.15, -0.1) is 6.58 Å². The molecule has 0 N–H and O–H groups in total. The average molecular weight is 656 g/mol. The molecule has 1 aromatic carbocycles. The molecule has 0 fully saturated rings. The van der Waals surface area contributed by atoms with E-state index in [1.807, 2.05) is 6.08 Å². The number of benzene rings is 1. The number of nitrogens with zero attached hydrogens (tertiary/aromatic N) is 2. The zero-order valence-corrected chi connectivity index (χ0v) is 31.7. The van der Waals surface area contributed by atoms with E-state index in [-0.39, 0.29) is 10.8 Å². The molecule has 1 aromatic rings. The standard InChI is InChI=1S/C47H63N2/c1-10-13-15-19-25-35-49-42-32-31-37(4)40(26-12-3)45(42)47(8,9)44(49)30-21-18-16-17-20-29-43-46(6,7)38(5)41-28-23-22-27-39(41)33-36-48(43)34-24-14-11-2/h10,16-18,20-21,26-33,36H,1,4-5,11-15,19,22-25,34-35H2,2-3,6-9H3/q+1/b36-33-,40-26+. The summed E-state index contributed by atoms with van der Waals surface area (Å²) >= 11 is 0. The van der Waals surface area contributed by atoms with Crippen molar-refractivity contribution in [2.75, 3.05) is 18.0 Å². The highest BCUT2D eigenvalue weighted by molar-refractivity contribution is 5.99. The summed E-state index contributed by atoms with van der Waals surface area (Å²) in [6.45, 7) is 28.9. The second-order valence-corrected chi connectivity index (χ2v) is 14.8. The summed E-state index contributed by atoms with van der Waals surface area (Å²) in [4.78, 5) is 2.56. The number of fused-ring (bicyclic) bond motifs is 2. The van der Waals surface area contributed by atoms with Crippen molar-refractivity contribution in [1.29, 1.82) is 0 Å². The highest BCUT2D eigenvalue weighted by atomic mass is 15.2. The van der Waals surface area contributed by atoms with Gasteiger partial charge in [0, 0.05) is 41.9 Å². The van der Waals surface area contributed by atoms with Crippen molar-refractivity contribution in [1.82, 2.24) is 0 Å². The first-order chi connectivity index (χ1) is 23.6. The Bertz CT molecular complexity index is 1720. The van der Waals surface area contributed by atoms with Crippen molar-refractivity contribution in [2.45, 2.75) is 111 Å². The minimum Gasteiger partial charge on any atom is -0.344 e. The molecule has 2 heterocycles. The van der Waals surface area contributed by atoms with Crippen LogP contribution in [-0.4, -0.2) is 23.4 Å². The van der Waals surface area contributed by atoms with Crippen LogP contribution in [0.1, 0.15) is 111 Å². The molecule has 1 aliphatic carbocycles. The third-order valence-corrected chi connectivity index (χ3v) is 10.5. The lowest BCUT2D eigenvalue weighted by Gasteiger charge is -2.30. The van der Waals surface area contributed by atoms with Crippen molar-refractivity contribution >= 4 is 24.1 Å². The van der Waals surface area contributed by atoms with Crippen LogP contribution in [-0.2, 0) is 5.41 Å². The molecule has 0 unspecified atom stereocenters. The predicted molar refractivity (Wildman–Crippen MR) is 218 cm³/mol. The van der Waals surface area contributed by atoms with Crippen LogP contribution in [0.2, 0.25) is 0 Å². The Morgan fingerprint density at radius 1 is 0.857 bits per heavy atom. The Morgan fingerprint density at radius 3 is 2.37 bits per heavy atom. The van der Waals surface area contributed by atoms with Crippen LogP contribution in [0, 0.1) is 5.41 Å². The van der Waals surface area contributed by atoms with Gasteiger partial charge in [0.25, 0.3) is 0 Å². The lowest BCUT2D eigenvalue weighted by molar-refractivity contribution is -0.460. The third-order valence-electron chi connectivity index (χ3n) is 10.5. The van der Waals surface area contributed by atoms with Crippen LogP contribution in [0.25, 0.3) is 12.7 Å². The van der Waals surface area contributed by atoms with Gasteiger partial charge in [-0.25, -0.2) is 4.58 Å². The number of hydrogen-bond donors (Lipinski definition) is 0. The number of unbranched alkanes of at least 4 members (excludes halogenated alkanes) is 5. The van der Waals surface area contributed by atoms with E-state index >= 15 is 0 Å². The summed E-state index contributed by atoms with van der Waals surface area (Å²) < 4.78 is 2.46. The average Bonchev–Trinajstić information content (AvgIpc) is 3.29. The van der Waals surface area contributed by atoms with Crippen LogP contribution in [0.5, 0.6) is 0 Å². The van der Waals surface area contributed by atoms with Crippen molar-refractivity contribution < 1.29 is 4.58 Å². The fraction of sp³-hybridized carbons (Fsp3) is 0.426. The number of rotatable bonds is 15. The Morgan fingerprint density at radius 2 is 1.61 bits per heavy atom. The van der Waals surface area contributed by atoms with Gasteiger partial charge in [0.1, 0.15) is 6.54 Å². The van der Waals surface area contributed by atoms with E-state index in [0.717, 1.165) is 50.4 Å². The Hall–Kier alpha value is -3.91. The smallest absolute Gasteiger partial charge is 0.191 e. The molecule has 0 saturated carbocycles. The van der Waals surface area contributed by atoms with E-state index in [0.29, 0.717) is 0 Å². The van der Waals surface area contributed by atoms with E-state index in [1.54, 1.807) is 0 Å². The van der Waals surface area contributed by atoms with Crippen molar-refractivity contribution in [3.05, 3.63) is 137 Å². The van der Waals surface area contributed by atoms with E-state index in [2.05, 4.69) is 156 Å². The van der Waals surface area contributed by atoms with Gasteiger partial charge >= 0.3 is 0 Å². The largest absolute Gasteiger partial charge is 0.344 e. The molecule has 0 radical (unpaired) electrons. The monoisotopic (exact) mass is 655 g/mol. The van der Waals surface area contributed by atoms with Gasteiger partial charge in [-0.2, -0.15) is 0 Å². The van der Waals surface area contributed by atoms with E-state index in [4.69, 9.17) is 0 Å². The summed E-state index contributed by atoms with van der Waals surface area (Å²) in [5, 5.41) is 2.42. The fourth-order valence-electron chi connectivity index (χ4n) is 7.61. The summed E-state index contributed by atoms with van der Waals surface area (Å²) in [6.07, 6.45) is 40.7. The lowest BCUT2D eigenvalue weighted by Crippen LogP contribution is -2.34. The van der Waals surface area contributed by atoms with E-state index in [1.165, 1.54) is 76.7 Å². The number of anilines is 1. The zero-order chi connectivity index (χ0) is 35.4. The number of allylic oxidation sites excluding steroid dienone is 15. The lowest BCUT2D eigenvalue weighted by atomic mass is 9.73. The molecule has 260 valence electrons. The molecule has 2 heteroatoms. The van der Waals surface area contributed by atoms with E-state index in [9.17, 15) is 0 Å². The summed E-state index contributed by atoms with van der Waals surface area (Å²) in [5.41, 5.74) is 8.93. The molecule has 0 spiro atoms. The zero-order valence-electron chi connectivity index (χ0n) is 31.7. The quantitative estimate of drug-likeness (QED) is 0.0789. The van der Waals surface area contributed by atoms with Crippen LogP contribution in [0.15, 0.2) is 121 Å². The highest BCUT2D eigenvalue weighted by Crippen LogP contribution is 2.46. The van der Waals surface area contributed by atoms with Crippen LogP contribution < -0.4 is 15.3 Å². The minimum absolute atomic E-state index is 0.112. The molecule has 0 atom stereocenters. The maximum absolute atomic E-state index is 4.65. The van der Waals surface area contributed by atoms with Gasteiger partial charge in [0.2, 0.25) is 0 Å². The summed E-state index contributed by atoms with van der Waals surface area (Å²) in [6, 6.07) is 4.49. The minimum atomic E-state index is -0.191. The second-order valence-electron chi connectivity index (χ2n) is 14.8. The van der Waals surface area contributed by atoms with E-state index < -0.39 is 0 Å². The molecule has 0 aromatic heterocycles. The highest BCUT2D eigenvalue weighted by Gasteiger charge is 2.40. The molecule has 4 rings (SSSR count). The molecular weight excluding hydrogens is 593 g/mol. The first-order valence-electron chi connectivity index (χ1n) is 19.0. The Balaban J connectivity index is 1.61. The fourth-order valence-corrected chi connectivity index (χ4v) is 7.61. The Kier molecular flexibility index (Phi) is 13.7. The molecule has 2 nitrogen and oxygen atoms in total. The molecule has 49 heavy (non-hydrogen) atoms. The number of hydrogen-bond acceptors (Lipinski definition) is 1. The van der Waals surface area contributed by atoms with Crippen molar-refractivity contribution in [3.63, 3.8) is 0 Å². The van der Waals surface area contributed by atoms with Gasteiger partial charge in [-0.05, 0) is 104 Å². The topological polar surface area (TPSA) is 6.25 Å². The second kappa shape index (κ2) is 17.7. The van der Waals surface area contributed by atoms with Gasteiger partial charge in [-0.1, -0.05) is 114 Å². The van der Waals surface area contributed by atoms with Crippen LogP contribution >= 0.6 is 0 Å².